The Labute approximate surface area is 182 Å². The first-order valence-corrected chi connectivity index (χ1v) is 11.6. The number of halogens is 1. The molecule has 2 aliphatic heterocycles. The van der Waals surface area contributed by atoms with Crippen LogP contribution in [0.2, 0.25) is 0 Å². The molecule has 0 bridgehead atoms. The molecular formula is C20H39IN4S. The van der Waals surface area contributed by atoms with Crippen molar-refractivity contribution < 1.29 is 0 Å². The fourth-order valence-corrected chi connectivity index (χ4v) is 6.22. The van der Waals surface area contributed by atoms with Gasteiger partial charge in [0.1, 0.15) is 0 Å². The number of rotatable bonds is 4. The third-order valence-electron chi connectivity index (χ3n) is 6.28. The Balaban J connectivity index is 0.00000243. The van der Waals surface area contributed by atoms with E-state index in [2.05, 4.69) is 40.8 Å². The maximum Gasteiger partial charge on any atom is 0.193 e. The summed E-state index contributed by atoms with van der Waals surface area (Å²) >= 11 is 2.24. The first kappa shape index (κ1) is 22.6. The Kier molecular flexibility index (Phi) is 9.86. The molecule has 1 saturated carbocycles. The molecule has 3 fully saturated rings. The smallest absolute Gasteiger partial charge is 0.193 e. The maximum atomic E-state index is 5.04. The van der Waals surface area contributed by atoms with Crippen LogP contribution in [0.5, 0.6) is 0 Å². The van der Waals surface area contributed by atoms with E-state index in [4.69, 9.17) is 4.99 Å². The lowest BCUT2D eigenvalue weighted by Gasteiger charge is -2.45. The average Bonchev–Trinajstić information content (AvgIpc) is 2.63. The monoisotopic (exact) mass is 494 g/mol. The second-order valence-corrected chi connectivity index (χ2v) is 9.85. The minimum Gasteiger partial charge on any atom is -0.357 e. The van der Waals surface area contributed by atoms with Gasteiger partial charge in [0.05, 0.1) is 0 Å². The highest BCUT2D eigenvalue weighted by molar-refractivity contribution is 14.0. The topological polar surface area (TPSA) is 30.9 Å². The first-order chi connectivity index (χ1) is 12.2. The van der Waals surface area contributed by atoms with Crippen LogP contribution in [0.25, 0.3) is 0 Å². The van der Waals surface area contributed by atoms with Gasteiger partial charge in [0, 0.05) is 36.7 Å². The molecule has 2 saturated heterocycles. The van der Waals surface area contributed by atoms with Gasteiger partial charge in [0.2, 0.25) is 0 Å². The van der Waals surface area contributed by atoms with Crippen molar-refractivity contribution in [3.8, 4) is 0 Å². The molecule has 0 aromatic rings. The number of hydrogen-bond acceptors (Lipinski definition) is 3. The van der Waals surface area contributed by atoms with Gasteiger partial charge in [-0.25, -0.2) is 0 Å². The lowest BCUT2D eigenvalue weighted by Crippen LogP contribution is -2.53. The van der Waals surface area contributed by atoms with E-state index in [1.165, 1.54) is 82.7 Å². The molecule has 0 amide bonds. The Morgan fingerprint density at radius 3 is 2.58 bits per heavy atom. The minimum absolute atomic E-state index is 0. The normalized spacial score (nSPS) is 25.2. The van der Waals surface area contributed by atoms with E-state index < -0.39 is 0 Å². The van der Waals surface area contributed by atoms with E-state index in [-0.39, 0.29) is 24.0 Å². The molecule has 0 aromatic carbocycles. The standard InChI is InChI=1S/C20H38N4S.HI/c1-3-21-19(22-12-7-18-8-13-23(2)14-9-18)24-15-16-25-20(17-24)10-5-4-6-11-20;/h18H,3-17H2,1-2H3,(H,21,22);1H. The Morgan fingerprint density at radius 1 is 1.15 bits per heavy atom. The van der Waals surface area contributed by atoms with Gasteiger partial charge in [-0.1, -0.05) is 19.3 Å². The summed E-state index contributed by atoms with van der Waals surface area (Å²) in [5.74, 6) is 3.32. The van der Waals surface area contributed by atoms with Crippen molar-refractivity contribution in [2.24, 2.45) is 10.9 Å². The molecule has 1 N–H and O–H groups in total. The number of nitrogens with zero attached hydrogens (tertiary/aromatic N) is 3. The van der Waals surface area contributed by atoms with Crippen LogP contribution in [-0.4, -0.2) is 72.6 Å². The molecule has 152 valence electrons. The molecule has 4 nitrogen and oxygen atoms in total. The van der Waals surface area contributed by atoms with Crippen molar-refractivity contribution in [1.29, 1.82) is 0 Å². The Morgan fingerprint density at radius 2 is 1.88 bits per heavy atom. The fourth-order valence-electron chi connectivity index (χ4n) is 4.65. The fraction of sp³-hybridized carbons (Fsp3) is 0.950. The summed E-state index contributed by atoms with van der Waals surface area (Å²) in [5, 5.41) is 3.58. The lowest BCUT2D eigenvalue weighted by molar-refractivity contribution is 0.214. The number of aliphatic imine (C=N–C) groups is 1. The SMILES string of the molecule is CCNC(=NCCC1CCN(C)CC1)N1CCSC2(CCCCC2)C1.I. The maximum absolute atomic E-state index is 5.04. The van der Waals surface area contributed by atoms with Crippen LogP contribution in [-0.2, 0) is 0 Å². The van der Waals surface area contributed by atoms with Crippen LogP contribution in [0, 0.1) is 5.92 Å². The highest BCUT2D eigenvalue weighted by Crippen LogP contribution is 2.42. The van der Waals surface area contributed by atoms with Gasteiger partial charge in [0.15, 0.2) is 5.96 Å². The lowest BCUT2D eigenvalue weighted by atomic mass is 9.87. The van der Waals surface area contributed by atoms with E-state index >= 15 is 0 Å². The van der Waals surface area contributed by atoms with Crippen molar-refractivity contribution in [3.05, 3.63) is 0 Å². The zero-order valence-electron chi connectivity index (χ0n) is 16.8. The molecule has 2 heterocycles. The predicted molar refractivity (Wildman–Crippen MR) is 126 cm³/mol. The highest BCUT2D eigenvalue weighted by atomic mass is 127. The van der Waals surface area contributed by atoms with Crippen LogP contribution in [0.4, 0.5) is 0 Å². The molecule has 0 radical (unpaired) electrons. The van der Waals surface area contributed by atoms with Crippen LogP contribution in [0.3, 0.4) is 0 Å². The largest absolute Gasteiger partial charge is 0.357 e. The summed E-state index contributed by atoms with van der Waals surface area (Å²) < 4.78 is 0.515. The molecule has 0 unspecified atom stereocenters. The zero-order chi connectivity index (χ0) is 17.5. The van der Waals surface area contributed by atoms with Crippen LogP contribution >= 0.6 is 35.7 Å². The van der Waals surface area contributed by atoms with Crippen LogP contribution in [0.15, 0.2) is 4.99 Å². The van der Waals surface area contributed by atoms with Crippen molar-refractivity contribution in [3.63, 3.8) is 0 Å². The molecule has 26 heavy (non-hydrogen) atoms. The van der Waals surface area contributed by atoms with Crippen LogP contribution in [0.1, 0.15) is 58.3 Å². The van der Waals surface area contributed by atoms with Gasteiger partial charge in [-0.15, -0.1) is 24.0 Å². The van der Waals surface area contributed by atoms with Gasteiger partial charge in [-0.3, -0.25) is 4.99 Å². The van der Waals surface area contributed by atoms with Gasteiger partial charge in [-0.05, 0) is 65.1 Å². The van der Waals surface area contributed by atoms with E-state index in [9.17, 15) is 0 Å². The van der Waals surface area contributed by atoms with Gasteiger partial charge in [-0.2, -0.15) is 11.8 Å². The zero-order valence-corrected chi connectivity index (χ0v) is 20.0. The van der Waals surface area contributed by atoms with Crippen molar-refractivity contribution in [2.45, 2.75) is 63.0 Å². The molecule has 3 aliphatic rings. The number of nitrogens with one attached hydrogen (secondary N) is 1. The number of likely N-dealkylation sites (tertiary alicyclic amines) is 1. The van der Waals surface area contributed by atoms with E-state index in [1.807, 2.05) is 0 Å². The molecule has 0 aromatic heterocycles. The van der Waals surface area contributed by atoms with Crippen molar-refractivity contribution in [2.75, 3.05) is 52.1 Å². The number of piperidine rings is 1. The summed E-state index contributed by atoms with van der Waals surface area (Å²) in [6.07, 6.45) is 11.1. The van der Waals surface area contributed by atoms with Gasteiger partial charge in [0.25, 0.3) is 0 Å². The summed E-state index contributed by atoms with van der Waals surface area (Å²) in [7, 11) is 2.24. The number of guanidine groups is 1. The quantitative estimate of drug-likeness (QED) is 0.363. The predicted octanol–water partition coefficient (Wildman–Crippen LogP) is 4.05. The molecule has 1 spiro atoms. The van der Waals surface area contributed by atoms with E-state index in [0.717, 1.165) is 25.6 Å². The van der Waals surface area contributed by atoms with Crippen molar-refractivity contribution in [1.82, 2.24) is 15.1 Å². The van der Waals surface area contributed by atoms with Crippen molar-refractivity contribution >= 4 is 41.7 Å². The first-order valence-electron chi connectivity index (χ1n) is 10.6. The summed E-state index contributed by atoms with van der Waals surface area (Å²) in [6, 6.07) is 0. The third kappa shape index (κ3) is 6.43. The molecule has 1 aliphatic carbocycles. The second-order valence-electron chi connectivity index (χ2n) is 8.28. The summed E-state index contributed by atoms with van der Waals surface area (Å²) in [5.41, 5.74) is 0. The molecular weight excluding hydrogens is 455 g/mol. The Hall–Kier alpha value is 0.310. The summed E-state index contributed by atoms with van der Waals surface area (Å²) in [4.78, 5) is 10.1. The molecule has 3 rings (SSSR count). The average molecular weight is 495 g/mol. The van der Waals surface area contributed by atoms with Gasteiger partial charge >= 0.3 is 0 Å². The molecule has 6 heteroatoms. The second kappa shape index (κ2) is 11.3. The highest BCUT2D eigenvalue weighted by Gasteiger charge is 2.38. The number of thioether (sulfide) groups is 1. The number of hydrogen-bond donors (Lipinski definition) is 1. The molecule has 0 atom stereocenters. The minimum atomic E-state index is 0. The van der Waals surface area contributed by atoms with Crippen LogP contribution < -0.4 is 5.32 Å². The van der Waals surface area contributed by atoms with E-state index in [1.54, 1.807) is 0 Å². The van der Waals surface area contributed by atoms with E-state index in [0.29, 0.717) is 4.75 Å². The third-order valence-corrected chi connectivity index (χ3v) is 7.82. The Bertz CT molecular complexity index is 426. The van der Waals surface area contributed by atoms with Gasteiger partial charge < -0.3 is 15.1 Å². The summed E-state index contributed by atoms with van der Waals surface area (Å²) in [6.45, 7) is 9.06.